The van der Waals surface area contributed by atoms with Crippen molar-refractivity contribution in [1.29, 1.82) is 0 Å². The lowest BCUT2D eigenvalue weighted by atomic mass is 10.2. The standard InChI is InChI=1S/C21H27N3O3/c1-4-7-20(25)23-17-9-5-8-16(12-17)22-14-21(26)24-18-10-6-11-19(13-18)27-15(2)3/h5-6,8-13,15,22H,4,7,14H2,1-3H3,(H,23,25)(H,24,26). The Kier molecular flexibility index (Phi) is 7.67. The van der Waals surface area contributed by atoms with Crippen LogP contribution in [0.25, 0.3) is 0 Å². The summed E-state index contributed by atoms with van der Waals surface area (Å²) in [6.45, 7) is 5.98. The molecule has 0 aliphatic carbocycles. The number of amides is 2. The van der Waals surface area contributed by atoms with Gasteiger partial charge in [-0.05, 0) is 50.6 Å². The Balaban J connectivity index is 1.87. The van der Waals surface area contributed by atoms with Gasteiger partial charge < -0.3 is 20.7 Å². The largest absolute Gasteiger partial charge is 0.491 e. The van der Waals surface area contributed by atoms with Crippen molar-refractivity contribution in [1.82, 2.24) is 0 Å². The number of ether oxygens (including phenoxy) is 1. The molecule has 3 N–H and O–H groups in total. The van der Waals surface area contributed by atoms with E-state index in [0.717, 1.165) is 12.1 Å². The Morgan fingerprint density at radius 1 is 0.926 bits per heavy atom. The molecule has 0 bridgehead atoms. The second-order valence-corrected chi connectivity index (χ2v) is 6.48. The summed E-state index contributed by atoms with van der Waals surface area (Å²) >= 11 is 0. The van der Waals surface area contributed by atoms with Gasteiger partial charge in [0.25, 0.3) is 0 Å². The summed E-state index contributed by atoms with van der Waals surface area (Å²) in [6.07, 6.45) is 1.36. The summed E-state index contributed by atoms with van der Waals surface area (Å²) in [7, 11) is 0. The Morgan fingerprint density at radius 3 is 2.26 bits per heavy atom. The number of carbonyl (C=O) groups is 2. The molecule has 2 rings (SSSR count). The smallest absolute Gasteiger partial charge is 0.243 e. The summed E-state index contributed by atoms with van der Waals surface area (Å²) in [5.74, 6) is 0.527. The number of hydrogen-bond donors (Lipinski definition) is 3. The molecule has 27 heavy (non-hydrogen) atoms. The minimum Gasteiger partial charge on any atom is -0.491 e. The molecular formula is C21H27N3O3. The molecule has 144 valence electrons. The van der Waals surface area contributed by atoms with E-state index in [1.54, 1.807) is 12.1 Å². The second-order valence-electron chi connectivity index (χ2n) is 6.48. The summed E-state index contributed by atoms with van der Waals surface area (Å²) in [4.78, 5) is 23.9. The number of hydrogen-bond acceptors (Lipinski definition) is 4. The predicted molar refractivity (Wildman–Crippen MR) is 109 cm³/mol. The fourth-order valence-corrected chi connectivity index (χ4v) is 2.46. The summed E-state index contributed by atoms with van der Waals surface area (Å²) < 4.78 is 5.63. The van der Waals surface area contributed by atoms with Crippen molar-refractivity contribution in [2.45, 2.75) is 39.7 Å². The normalized spacial score (nSPS) is 10.4. The third-order valence-corrected chi connectivity index (χ3v) is 3.57. The number of nitrogens with one attached hydrogen (secondary N) is 3. The molecule has 0 atom stereocenters. The van der Waals surface area contributed by atoms with Crippen molar-refractivity contribution in [3.8, 4) is 5.75 Å². The van der Waals surface area contributed by atoms with Crippen molar-refractivity contribution >= 4 is 28.9 Å². The maximum atomic E-state index is 12.2. The first-order valence-corrected chi connectivity index (χ1v) is 9.16. The highest BCUT2D eigenvalue weighted by Gasteiger charge is 2.06. The molecular weight excluding hydrogens is 342 g/mol. The van der Waals surface area contributed by atoms with Crippen LogP contribution in [0.1, 0.15) is 33.6 Å². The van der Waals surface area contributed by atoms with Crippen LogP contribution in [0.5, 0.6) is 5.75 Å². The van der Waals surface area contributed by atoms with Crippen molar-refractivity contribution in [2.24, 2.45) is 0 Å². The average Bonchev–Trinajstić information content (AvgIpc) is 2.60. The zero-order chi connectivity index (χ0) is 19.6. The lowest BCUT2D eigenvalue weighted by Crippen LogP contribution is -2.21. The van der Waals surface area contributed by atoms with Crippen LogP contribution in [0.3, 0.4) is 0 Å². The van der Waals surface area contributed by atoms with Gasteiger partial charge in [0.05, 0.1) is 12.6 Å². The van der Waals surface area contributed by atoms with Crippen molar-refractivity contribution in [2.75, 3.05) is 22.5 Å². The third kappa shape index (κ3) is 7.40. The van der Waals surface area contributed by atoms with Crippen LogP contribution in [0.15, 0.2) is 48.5 Å². The molecule has 6 nitrogen and oxygen atoms in total. The fraction of sp³-hybridized carbons (Fsp3) is 0.333. The van der Waals surface area contributed by atoms with Gasteiger partial charge in [-0.3, -0.25) is 9.59 Å². The highest BCUT2D eigenvalue weighted by atomic mass is 16.5. The molecule has 0 aliphatic heterocycles. The molecule has 0 saturated heterocycles. The Labute approximate surface area is 160 Å². The first kappa shape index (κ1) is 20.3. The molecule has 2 amide bonds. The summed E-state index contributed by atoms with van der Waals surface area (Å²) in [5.41, 5.74) is 2.15. The Morgan fingerprint density at radius 2 is 1.56 bits per heavy atom. The van der Waals surface area contributed by atoms with E-state index in [2.05, 4.69) is 16.0 Å². The topological polar surface area (TPSA) is 79.5 Å². The molecule has 0 saturated carbocycles. The van der Waals surface area contributed by atoms with Gasteiger partial charge in [-0.2, -0.15) is 0 Å². The van der Waals surface area contributed by atoms with Crippen LogP contribution in [0.2, 0.25) is 0 Å². The molecule has 0 unspecified atom stereocenters. The number of benzene rings is 2. The van der Waals surface area contributed by atoms with E-state index in [0.29, 0.717) is 23.5 Å². The SMILES string of the molecule is CCCC(=O)Nc1cccc(NCC(=O)Nc2cccc(OC(C)C)c2)c1. The van der Waals surface area contributed by atoms with Gasteiger partial charge in [0.2, 0.25) is 11.8 Å². The highest BCUT2D eigenvalue weighted by Crippen LogP contribution is 2.19. The lowest BCUT2D eigenvalue weighted by Gasteiger charge is -2.12. The van der Waals surface area contributed by atoms with E-state index in [4.69, 9.17) is 4.74 Å². The average molecular weight is 369 g/mol. The second kappa shape index (κ2) is 10.2. The maximum Gasteiger partial charge on any atom is 0.243 e. The maximum absolute atomic E-state index is 12.2. The molecule has 0 fully saturated rings. The van der Waals surface area contributed by atoms with Gasteiger partial charge >= 0.3 is 0 Å². The summed E-state index contributed by atoms with van der Waals surface area (Å²) in [5, 5.41) is 8.74. The van der Waals surface area contributed by atoms with E-state index in [-0.39, 0.29) is 24.5 Å². The quantitative estimate of drug-likeness (QED) is 0.617. The summed E-state index contributed by atoms with van der Waals surface area (Å²) in [6, 6.07) is 14.6. The lowest BCUT2D eigenvalue weighted by molar-refractivity contribution is -0.116. The van der Waals surface area contributed by atoms with Crippen molar-refractivity contribution in [3.05, 3.63) is 48.5 Å². The van der Waals surface area contributed by atoms with Gasteiger partial charge in [0.1, 0.15) is 5.75 Å². The first-order chi connectivity index (χ1) is 13.0. The molecule has 0 heterocycles. The number of rotatable bonds is 9. The van der Waals surface area contributed by atoms with Crippen LogP contribution in [-0.2, 0) is 9.59 Å². The van der Waals surface area contributed by atoms with Crippen LogP contribution >= 0.6 is 0 Å². The molecule has 0 aromatic heterocycles. The highest BCUT2D eigenvalue weighted by molar-refractivity contribution is 5.94. The Bertz CT molecular complexity index is 775. The van der Waals surface area contributed by atoms with Gasteiger partial charge in [0, 0.05) is 29.5 Å². The van der Waals surface area contributed by atoms with Gasteiger partial charge in [-0.1, -0.05) is 19.1 Å². The minimum atomic E-state index is -0.169. The van der Waals surface area contributed by atoms with Crippen LogP contribution in [0, 0.1) is 0 Å². The van der Waals surface area contributed by atoms with E-state index in [9.17, 15) is 9.59 Å². The molecule has 2 aromatic carbocycles. The number of carbonyl (C=O) groups excluding carboxylic acids is 2. The zero-order valence-electron chi connectivity index (χ0n) is 16.0. The zero-order valence-corrected chi connectivity index (χ0v) is 16.0. The molecule has 0 spiro atoms. The molecule has 6 heteroatoms. The minimum absolute atomic E-state index is 0.0177. The Hall–Kier alpha value is -3.02. The van der Waals surface area contributed by atoms with Gasteiger partial charge in [0.15, 0.2) is 0 Å². The third-order valence-electron chi connectivity index (χ3n) is 3.57. The van der Waals surface area contributed by atoms with Crippen molar-refractivity contribution < 1.29 is 14.3 Å². The van der Waals surface area contributed by atoms with E-state index in [1.807, 2.05) is 57.2 Å². The van der Waals surface area contributed by atoms with Crippen molar-refractivity contribution in [3.63, 3.8) is 0 Å². The van der Waals surface area contributed by atoms with Crippen LogP contribution < -0.4 is 20.7 Å². The van der Waals surface area contributed by atoms with E-state index in [1.165, 1.54) is 0 Å². The monoisotopic (exact) mass is 369 g/mol. The van der Waals surface area contributed by atoms with E-state index >= 15 is 0 Å². The molecule has 0 radical (unpaired) electrons. The molecule has 0 aliphatic rings. The molecule has 2 aromatic rings. The predicted octanol–water partition coefficient (Wildman–Crippen LogP) is 4.26. The van der Waals surface area contributed by atoms with Gasteiger partial charge in [-0.15, -0.1) is 0 Å². The van der Waals surface area contributed by atoms with Crippen LogP contribution in [0.4, 0.5) is 17.1 Å². The number of anilines is 3. The van der Waals surface area contributed by atoms with E-state index < -0.39 is 0 Å². The first-order valence-electron chi connectivity index (χ1n) is 9.16. The van der Waals surface area contributed by atoms with Gasteiger partial charge in [-0.25, -0.2) is 0 Å². The fourth-order valence-electron chi connectivity index (χ4n) is 2.46. The van der Waals surface area contributed by atoms with Crippen LogP contribution in [-0.4, -0.2) is 24.5 Å².